The number of nitrogens with zero attached hydrogens (tertiary/aromatic N) is 2. The van der Waals surface area contributed by atoms with E-state index < -0.39 is 11.5 Å². The summed E-state index contributed by atoms with van der Waals surface area (Å²) in [5.41, 5.74) is 0.312. The van der Waals surface area contributed by atoms with Crippen LogP contribution in [0.1, 0.15) is 63.4 Å². The maximum absolute atomic E-state index is 12.1. The van der Waals surface area contributed by atoms with Crippen molar-refractivity contribution in [1.82, 2.24) is 9.80 Å². The summed E-state index contributed by atoms with van der Waals surface area (Å²) >= 11 is 12.4. The van der Waals surface area contributed by atoms with Crippen LogP contribution < -0.4 is 4.74 Å². The number of aliphatic carboxylic acids is 1. The lowest BCUT2D eigenvalue weighted by molar-refractivity contribution is -0.155. The van der Waals surface area contributed by atoms with Crippen molar-refractivity contribution in [2.24, 2.45) is 5.92 Å². The smallest absolute Gasteiger partial charge is 0.324 e. The monoisotopic (exact) mass is 482 g/mol. The Morgan fingerprint density at radius 1 is 1.06 bits per heavy atom. The summed E-state index contributed by atoms with van der Waals surface area (Å²) in [6.45, 7) is 7.01. The molecule has 3 fully saturated rings. The van der Waals surface area contributed by atoms with Gasteiger partial charge in [0, 0.05) is 25.2 Å². The molecule has 0 unspecified atom stereocenters. The molecule has 5 nitrogen and oxygen atoms in total. The molecule has 1 aliphatic carbocycles. The zero-order chi connectivity index (χ0) is 22.7. The van der Waals surface area contributed by atoms with Crippen LogP contribution in [0.4, 0.5) is 0 Å². The second-order valence-electron chi connectivity index (χ2n) is 9.93. The minimum Gasteiger partial charge on any atom is -0.490 e. The van der Waals surface area contributed by atoms with Crippen LogP contribution in [0.25, 0.3) is 0 Å². The van der Waals surface area contributed by atoms with Crippen LogP contribution in [0.3, 0.4) is 0 Å². The molecular formula is C25H36Cl2N2O3. The largest absolute Gasteiger partial charge is 0.490 e. The normalized spacial score (nSPS) is 23.8. The molecule has 0 amide bonds. The van der Waals surface area contributed by atoms with Crippen molar-refractivity contribution in [2.45, 2.75) is 76.4 Å². The predicted octanol–water partition coefficient (Wildman–Crippen LogP) is 5.64. The lowest BCUT2D eigenvalue weighted by atomic mass is 9.78. The van der Waals surface area contributed by atoms with Crippen molar-refractivity contribution in [1.29, 1.82) is 0 Å². The molecule has 4 rings (SSSR count). The first-order valence-corrected chi connectivity index (χ1v) is 13.0. The van der Waals surface area contributed by atoms with Crippen molar-refractivity contribution >= 4 is 29.2 Å². The first kappa shape index (κ1) is 24.1. The molecule has 0 radical (unpaired) electrons. The van der Waals surface area contributed by atoms with Crippen molar-refractivity contribution in [3.8, 4) is 5.75 Å². The molecule has 0 bridgehead atoms. The molecule has 2 aliphatic heterocycles. The molecule has 2 heterocycles. The number of ether oxygens (including phenoxy) is 1. The molecule has 1 saturated carbocycles. The number of likely N-dealkylation sites (tertiary alicyclic amines) is 2. The van der Waals surface area contributed by atoms with E-state index in [9.17, 15) is 9.90 Å². The number of piperidine rings is 2. The van der Waals surface area contributed by atoms with Crippen LogP contribution in [0.5, 0.6) is 5.75 Å². The van der Waals surface area contributed by atoms with Gasteiger partial charge in [-0.2, -0.15) is 0 Å². The summed E-state index contributed by atoms with van der Waals surface area (Å²) in [5, 5.41) is 11.1. The maximum atomic E-state index is 12.1. The highest BCUT2D eigenvalue weighted by molar-refractivity contribution is 6.42. The summed E-state index contributed by atoms with van der Waals surface area (Å²) in [6, 6.07) is 3.72. The third-order valence-electron chi connectivity index (χ3n) is 7.93. The van der Waals surface area contributed by atoms with Crippen LogP contribution in [-0.2, 0) is 4.79 Å². The highest BCUT2D eigenvalue weighted by atomic mass is 35.5. The molecule has 0 atom stereocenters. The maximum Gasteiger partial charge on any atom is 0.324 e. The first-order valence-electron chi connectivity index (χ1n) is 12.2. The second-order valence-corrected chi connectivity index (χ2v) is 10.7. The second kappa shape index (κ2) is 10.5. The van der Waals surface area contributed by atoms with Crippen LogP contribution in [0.2, 0.25) is 10.0 Å². The number of carbonyl (C=O) groups is 1. The number of rotatable bonds is 6. The number of halogens is 2. The van der Waals surface area contributed by atoms with Gasteiger partial charge in [-0.3, -0.25) is 9.69 Å². The Balaban J connectivity index is 1.23. The van der Waals surface area contributed by atoms with Crippen LogP contribution in [-0.4, -0.2) is 65.2 Å². The molecule has 1 N–H and O–H groups in total. The molecule has 7 heteroatoms. The predicted molar refractivity (Wildman–Crippen MR) is 129 cm³/mol. The Kier molecular flexibility index (Phi) is 7.92. The van der Waals surface area contributed by atoms with Gasteiger partial charge in [0.1, 0.15) is 17.4 Å². The van der Waals surface area contributed by atoms with Crippen molar-refractivity contribution in [2.75, 3.05) is 32.7 Å². The summed E-state index contributed by atoms with van der Waals surface area (Å²) in [5.74, 6) is 0.894. The fourth-order valence-electron chi connectivity index (χ4n) is 5.86. The Morgan fingerprint density at radius 3 is 2.34 bits per heavy atom. The number of carboxylic acid groups (broad SMARTS) is 1. The molecular weight excluding hydrogens is 447 g/mol. The standard InChI is InChI=1S/C25H36Cl2N2O3/c1-18-22(6-5-21(26)23(18)27)32-20-9-13-28(14-10-20)17-19-7-15-29(16-8-19)25(24(30)31)11-3-2-4-12-25/h5-6,19-20H,2-4,7-17H2,1H3,(H,30,31). The minimum atomic E-state index is -0.602. The van der Waals surface area contributed by atoms with E-state index in [1.54, 1.807) is 6.07 Å². The Hall–Kier alpha value is -1.01. The summed E-state index contributed by atoms with van der Waals surface area (Å²) < 4.78 is 6.24. The average molecular weight is 483 g/mol. The molecule has 1 aromatic carbocycles. The van der Waals surface area contributed by atoms with E-state index in [0.717, 1.165) is 95.4 Å². The zero-order valence-electron chi connectivity index (χ0n) is 19.1. The van der Waals surface area contributed by atoms with Gasteiger partial charge in [-0.05, 0) is 76.6 Å². The lowest BCUT2D eigenvalue weighted by Gasteiger charge is -2.47. The van der Waals surface area contributed by atoms with E-state index in [0.29, 0.717) is 16.0 Å². The van der Waals surface area contributed by atoms with E-state index >= 15 is 0 Å². The highest BCUT2D eigenvalue weighted by Gasteiger charge is 2.45. The molecule has 1 aromatic rings. The number of benzene rings is 1. The van der Waals surface area contributed by atoms with Gasteiger partial charge >= 0.3 is 5.97 Å². The van der Waals surface area contributed by atoms with E-state index in [4.69, 9.17) is 27.9 Å². The summed E-state index contributed by atoms with van der Waals surface area (Å²) in [7, 11) is 0. The molecule has 3 aliphatic rings. The van der Waals surface area contributed by atoms with E-state index in [1.807, 2.05) is 13.0 Å². The van der Waals surface area contributed by atoms with Gasteiger partial charge in [0.2, 0.25) is 0 Å². The minimum absolute atomic E-state index is 0.214. The number of hydrogen-bond acceptors (Lipinski definition) is 4. The van der Waals surface area contributed by atoms with Gasteiger partial charge < -0.3 is 14.7 Å². The SMILES string of the molecule is Cc1c(OC2CCN(CC3CCN(C4(C(=O)O)CCCCC4)CC3)CC2)ccc(Cl)c1Cl. The molecule has 32 heavy (non-hydrogen) atoms. The Morgan fingerprint density at radius 2 is 1.72 bits per heavy atom. The molecule has 178 valence electrons. The zero-order valence-corrected chi connectivity index (χ0v) is 20.6. The Bertz CT molecular complexity index is 797. The van der Waals surface area contributed by atoms with Crippen molar-refractivity contribution in [3.05, 3.63) is 27.7 Å². The molecule has 2 saturated heterocycles. The van der Waals surface area contributed by atoms with Crippen LogP contribution in [0.15, 0.2) is 12.1 Å². The third kappa shape index (κ3) is 5.22. The summed E-state index contributed by atoms with van der Waals surface area (Å²) in [6.07, 6.45) is 9.36. The van der Waals surface area contributed by atoms with Crippen LogP contribution >= 0.6 is 23.2 Å². The van der Waals surface area contributed by atoms with Gasteiger partial charge in [-0.1, -0.05) is 42.5 Å². The number of hydrogen-bond donors (Lipinski definition) is 1. The van der Waals surface area contributed by atoms with Gasteiger partial charge in [-0.15, -0.1) is 0 Å². The average Bonchev–Trinajstić information content (AvgIpc) is 2.81. The first-order chi connectivity index (χ1) is 15.4. The van der Waals surface area contributed by atoms with Crippen molar-refractivity contribution in [3.63, 3.8) is 0 Å². The van der Waals surface area contributed by atoms with Crippen LogP contribution in [0, 0.1) is 12.8 Å². The molecule has 0 spiro atoms. The van der Waals surface area contributed by atoms with E-state index in [1.165, 1.54) is 6.42 Å². The lowest BCUT2D eigenvalue weighted by Crippen LogP contribution is -2.58. The van der Waals surface area contributed by atoms with Gasteiger partial charge in [0.25, 0.3) is 0 Å². The van der Waals surface area contributed by atoms with Gasteiger partial charge in [-0.25, -0.2) is 0 Å². The topological polar surface area (TPSA) is 53.0 Å². The summed E-state index contributed by atoms with van der Waals surface area (Å²) in [4.78, 5) is 17.0. The molecule has 0 aromatic heterocycles. The quantitative estimate of drug-likeness (QED) is 0.567. The van der Waals surface area contributed by atoms with Gasteiger partial charge in [0.05, 0.1) is 10.0 Å². The van der Waals surface area contributed by atoms with E-state index in [2.05, 4.69) is 9.80 Å². The third-order valence-corrected chi connectivity index (χ3v) is 8.83. The van der Waals surface area contributed by atoms with Gasteiger partial charge in [0.15, 0.2) is 0 Å². The fraction of sp³-hybridized carbons (Fsp3) is 0.720. The van der Waals surface area contributed by atoms with E-state index in [-0.39, 0.29) is 6.10 Å². The Labute approximate surface area is 202 Å². The highest BCUT2D eigenvalue weighted by Crippen LogP contribution is 2.37. The van der Waals surface area contributed by atoms with Crippen molar-refractivity contribution < 1.29 is 14.6 Å². The number of carboxylic acids is 1. The fourth-order valence-corrected chi connectivity index (χ4v) is 6.22.